The van der Waals surface area contributed by atoms with Crippen molar-refractivity contribution < 1.29 is 14.3 Å². The maximum absolute atomic E-state index is 12.0. The number of carbonyl (C=O) groups is 2. The number of hydrogen-bond donors (Lipinski definition) is 1. The molecule has 0 fully saturated rings. The zero-order valence-corrected chi connectivity index (χ0v) is 19.3. The molecule has 1 rings (SSSR count). The zero-order valence-electron chi connectivity index (χ0n) is 19.3. The van der Waals surface area contributed by atoms with Crippen LogP contribution in [0.1, 0.15) is 120 Å². The third-order valence-electron chi connectivity index (χ3n) is 5.60. The Morgan fingerprint density at radius 3 is 1.57 bits per heavy atom. The van der Waals surface area contributed by atoms with Gasteiger partial charge in [0.05, 0.1) is 12.7 Å². The van der Waals surface area contributed by atoms with Gasteiger partial charge in [0.25, 0.3) is 0 Å². The first kappa shape index (κ1) is 26.2. The summed E-state index contributed by atoms with van der Waals surface area (Å²) < 4.78 is 4.67. The SMILES string of the molecule is CCCCCCCCCCCCCCCCCC(=O)Nc1ccc(C(=O)OC)cc1. The second kappa shape index (κ2) is 18.0. The van der Waals surface area contributed by atoms with E-state index < -0.39 is 0 Å². The summed E-state index contributed by atoms with van der Waals surface area (Å²) in [7, 11) is 1.36. The molecule has 0 spiro atoms. The molecular weight excluding hydrogens is 374 g/mol. The molecule has 170 valence electrons. The fraction of sp³-hybridized carbons (Fsp3) is 0.692. The van der Waals surface area contributed by atoms with Gasteiger partial charge in [-0.1, -0.05) is 96.8 Å². The lowest BCUT2D eigenvalue weighted by molar-refractivity contribution is -0.116. The van der Waals surface area contributed by atoms with E-state index in [0.29, 0.717) is 17.7 Å². The lowest BCUT2D eigenvalue weighted by Gasteiger charge is -2.06. The number of carbonyl (C=O) groups excluding carboxylic acids is 2. The topological polar surface area (TPSA) is 55.4 Å². The van der Waals surface area contributed by atoms with E-state index in [-0.39, 0.29) is 11.9 Å². The Morgan fingerprint density at radius 1 is 0.700 bits per heavy atom. The highest BCUT2D eigenvalue weighted by Crippen LogP contribution is 2.15. The van der Waals surface area contributed by atoms with E-state index >= 15 is 0 Å². The number of esters is 1. The fourth-order valence-corrected chi connectivity index (χ4v) is 3.69. The van der Waals surface area contributed by atoms with Crippen LogP contribution < -0.4 is 5.32 Å². The van der Waals surface area contributed by atoms with Crippen molar-refractivity contribution in [1.82, 2.24) is 0 Å². The van der Waals surface area contributed by atoms with Crippen LogP contribution in [0.25, 0.3) is 0 Å². The number of unbranched alkanes of at least 4 members (excludes halogenated alkanes) is 14. The van der Waals surface area contributed by atoms with Crippen LogP contribution in [0.15, 0.2) is 24.3 Å². The average Bonchev–Trinajstić information content (AvgIpc) is 2.76. The quantitative estimate of drug-likeness (QED) is 0.197. The lowest BCUT2D eigenvalue weighted by atomic mass is 10.0. The van der Waals surface area contributed by atoms with Crippen molar-refractivity contribution in [3.63, 3.8) is 0 Å². The van der Waals surface area contributed by atoms with E-state index in [4.69, 9.17) is 0 Å². The van der Waals surface area contributed by atoms with Crippen LogP contribution >= 0.6 is 0 Å². The minimum Gasteiger partial charge on any atom is -0.465 e. The van der Waals surface area contributed by atoms with Gasteiger partial charge in [0.2, 0.25) is 5.91 Å². The third-order valence-corrected chi connectivity index (χ3v) is 5.60. The molecule has 1 aromatic rings. The van der Waals surface area contributed by atoms with Gasteiger partial charge in [-0.2, -0.15) is 0 Å². The summed E-state index contributed by atoms with van der Waals surface area (Å²) in [5.41, 5.74) is 1.20. The Morgan fingerprint density at radius 2 is 1.13 bits per heavy atom. The molecule has 1 N–H and O–H groups in total. The monoisotopic (exact) mass is 417 g/mol. The van der Waals surface area contributed by atoms with Crippen LogP contribution in [-0.4, -0.2) is 19.0 Å². The zero-order chi connectivity index (χ0) is 21.9. The largest absolute Gasteiger partial charge is 0.465 e. The molecule has 0 radical (unpaired) electrons. The molecule has 1 amide bonds. The van der Waals surface area contributed by atoms with Gasteiger partial charge in [-0.3, -0.25) is 4.79 Å². The van der Waals surface area contributed by atoms with E-state index in [2.05, 4.69) is 17.0 Å². The van der Waals surface area contributed by atoms with Gasteiger partial charge in [0.15, 0.2) is 0 Å². The van der Waals surface area contributed by atoms with E-state index in [1.54, 1.807) is 24.3 Å². The molecule has 0 saturated heterocycles. The van der Waals surface area contributed by atoms with Crippen LogP contribution in [0.2, 0.25) is 0 Å². The first-order valence-corrected chi connectivity index (χ1v) is 12.2. The summed E-state index contributed by atoms with van der Waals surface area (Å²) >= 11 is 0. The molecule has 4 heteroatoms. The Labute approximate surface area is 184 Å². The van der Waals surface area contributed by atoms with Crippen molar-refractivity contribution >= 4 is 17.6 Å². The van der Waals surface area contributed by atoms with E-state index in [9.17, 15) is 9.59 Å². The summed E-state index contributed by atoms with van der Waals surface area (Å²) in [4.78, 5) is 23.4. The van der Waals surface area contributed by atoms with Crippen LogP contribution in [0.5, 0.6) is 0 Å². The molecule has 4 nitrogen and oxygen atoms in total. The maximum atomic E-state index is 12.0. The Balaban J connectivity index is 1.91. The van der Waals surface area contributed by atoms with Crippen LogP contribution in [0, 0.1) is 0 Å². The molecule has 0 aliphatic heterocycles. The van der Waals surface area contributed by atoms with Crippen molar-refractivity contribution in [1.29, 1.82) is 0 Å². The molecule has 0 unspecified atom stereocenters. The molecule has 0 aromatic heterocycles. The summed E-state index contributed by atoms with van der Waals surface area (Å²) in [6.07, 6.45) is 20.4. The normalized spacial score (nSPS) is 10.7. The number of ether oxygens (including phenoxy) is 1. The van der Waals surface area contributed by atoms with Gasteiger partial charge in [0.1, 0.15) is 0 Å². The molecule has 0 heterocycles. The van der Waals surface area contributed by atoms with Crippen LogP contribution in [0.3, 0.4) is 0 Å². The Kier molecular flexibility index (Phi) is 15.7. The Hall–Kier alpha value is -1.84. The molecule has 0 saturated carbocycles. The standard InChI is InChI=1S/C26H43NO3/c1-3-4-5-6-7-8-9-10-11-12-13-14-15-16-17-18-25(28)27-24-21-19-23(20-22-24)26(29)30-2/h19-22H,3-18H2,1-2H3,(H,27,28). The second-order valence-electron chi connectivity index (χ2n) is 8.32. The highest BCUT2D eigenvalue weighted by Gasteiger charge is 2.06. The van der Waals surface area contributed by atoms with E-state index in [1.165, 1.54) is 90.6 Å². The predicted molar refractivity (Wildman–Crippen MR) is 126 cm³/mol. The maximum Gasteiger partial charge on any atom is 0.337 e. The number of amides is 1. The first-order chi connectivity index (χ1) is 14.7. The highest BCUT2D eigenvalue weighted by molar-refractivity contribution is 5.92. The number of rotatable bonds is 18. The molecule has 1 aromatic carbocycles. The third kappa shape index (κ3) is 13.4. The first-order valence-electron chi connectivity index (χ1n) is 12.2. The predicted octanol–water partition coefficient (Wildman–Crippen LogP) is 7.67. The highest BCUT2D eigenvalue weighted by atomic mass is 16.5. The number of nitrogens with one attached hydrogen (secondary N) is 1. The van der Waals surface area contributed by atoms with Gasteiger partial charge in [-0.05, 0) is 30.7 Å². The minimum absolute atomic E-state index is 0.0375. The second-order valence-corrected chi connectivity index (χ2v) is 8.32. The summed E-state index contributed by atoms with van der Waals surface area (Å²) in [6.45, 7) is 2.27. The van der Waals surface area contributed by atoms with Crippen LogP contribution in [-0.2, 0) is 9.53 Å². The molecular formula is C26H43NO3. The van der Waals surface area contributed by atoms with Crippen molar-refractivity contribution in [2.75, 3.05) is 12.4 Å². The van der Waals surface area contributed by atoms with Gasteiger partial charge >= 0.3 is 5.97 Å². The van der Waals surface area contributed by atoms with E-state index in [1.807, 2.05) is 0 Å². The summed E-state index contributed by atoms with van der Waals surface area (Å²) in [5, 5.41) is 2.88. The van der Waals surface area contributed by atoms with Crippen molar-refractivity contribution in [3.8, 4) is 0 Å². The van der Waals surface area contributed by atoms with Crippen molar-refractivity contribution in [2.24, 2.45) is 0 Å². The van der Waals surface area contributed by atoms with Crippen molar-refractivity contribution in [2.45, 2.75) is 110 Å². The summed E-state index contributed by atoms with van der Waals surface area (Å²) in [6, 6.07) is 6.79. The fourth-order valence-electron chi connectivity index (χ4n) is 3.69. The molecule has 0 atom stereocenters. The van der Waals surface area contributed by atoms with Gasteiger partial charge < -0.3 is 10.1 Å². The molecule has 0 bridgehead atoms. The number of hydrogen-bond acceptors (Lipinski definition) is 3. The molecule has 30 heavy (non-hydrogen) atoms. The molecule has 0 aliphatic carbocycles. The number of anilines is 1. The van der Waals surface area contributed by atoms with Crippen LogP contribution in [0.4, 0.5) is 5.69 Å². The van der Waals surface area contributed by atoms with Gasteiger partial charge in [0, 0.05) is 12.1 Å². The van der Waals surface area contributed by atoms with Gasteiger partial charge in [-0.25, -0.2) is 4.79 Å². The smallest absolute Gasteiger partial charge is 0.337 e. The average molecular weight is 418 g/mol. The summed E-state index contributed by atoms with van der Waals surface area (Å²) in [5.74, 6) is -0.332. The van der Waals surface area contributed by atoms with Crippen molar-refractivity contribution in [3.05, 3.63) is 29.8 Å². The number of benzene rings is 1. The minimum atomic E-state index is -0.370. The lowest BCUT2D eigenvalue weighted by Crippen LogP contribution is -2.11. The molecule has 0 aliphatic rings. The Bertz CT molecular complexity index is 568. The van der Waals surface area contributed by atoms with Gasteiger partial charge in [-0.15, -0.1) is 0 Å². The van der Waals surface area contributed by atoms with E-state index in [0.717, 1.165) is 12.8 Å². The number of methoxy groups -OCH3 is 1.